The summed E-state index contributed by atoms with van der Waals surface area (Å²) in [6.45, 7) is 0.731. The normalized spacial score (nSPS) is 10.4. The topological polar surface area (TPSA) is 115 Å². The van der Waals surface area contributed by atoms with Gasteiger partial charge >= 0.3 is 0 Å². The Balaban J connectivity index is 1.63. The summed E-state index contributed by atoms with van der Waals surface area (Å²) < 4.78 is 1.40. The van der Waals surface area contributed by atoms with Gasteiger partial charge in [-0.2, -0.15) is 0 Å². The molecule has 0 saturated carbocycles. The molecule has 0 bridgehead atoms. The van der Waals surface area contributed by atoms with Gasteiger partial charge in [0.15, 0.2) is 0 Å². The van der Waals surface area contributed by atoms with Crippen molar-refractivity contribution in [2.45, 2.75) is 19.4 Å². The quantitative estimate of drug-likeness (QED) is 0.587. The van der Waals surface area contributed by atoms with E-state index in [-0.39, 0.29) is 18.4 Å². The molecule has 8 heteroatoms. The van der Waals surface area contributed by atoms with Crippen LogP contribution in [0.15, 0.2) is 18.7 Å². The van der Waals surface area contributed by atoms with Gasteiger partial charge < -0.3 is 16.0 Å². The molecule has 2 rings (SSSR count). The second kappa shape index (κ2) is 5.80. The summed E-state index contributed by atoms with van der Waals surface area (Å²) >= 11 is 0. The maximum atomic E-state index is 11.5. The number of rotatable bonds is 6. The van der Waals surface area contributed by atoms with E-state index in [1.165, 1.54) is 11.0 Å². The fraction of sp³-hybridized carbons (Fsp3) is 0.400. The Hall–Kier alpha value is -2.38. The van der Waals surface area contributed by atoms with Crippen LogP contribution in [0.1, 0.15) is 12.2 Å². The Morgan fingerprint density at radius 3 is 3.06 bits per heavy atom. The second-order valence-electron chi connectivity index (χ2n) is 3.79. The number of nitrogens with zero attached hydrogens (tertiary/aromatic N) is 4. The Bertz CT molecular complexity index is 490. The lowest BCUT2D eigenvalue weighted by molar-refractivity contribution is -0.121. The van der Waals surface area contributed by atoms with Gasteiger partial charge in [0.2, 0.25) is 11.9 Å². The van der Waals surface area contributed by atoms with Gasteiger partial charge in [0.1, 0.15) is 18.7 Å². The summed E-state index contributed by atoms with van der Waals surface area (Å²) in [5, 5.41) is 6.62. The van der Waals surface area contributed by atoms with Crippen LogP contribution >= 0.6 is 0 Å². The van der Waals surface area contributed by atoms with Gasteiger partial charge in [-0.15, -0.1) is 5.10 Å². The first-order chi connectivity index (χ1) is 8.74. The van der Waals surface area contributed by atoms with Crippen LogP contribution in [-0.2, 0) is 17.8 Å². The zero-order valence-corrected chi connectivity index (χ0v) is 9.83. The number of nitrogens with one attached hydrogen (secondary N) is 2. The number of aromatic amines is 1. The predicted octanol–water partition coefficient (Wildman–Crippen LogP) is -0.668. The Morgan fingerprint density at radius 2 is 2.39 bits per heavy atom. The average Bonchev–Trinajstić information content (AvgIpc) is 2.96. The lowest BCUT2D eigenvalue weighted by Gasteiger charge is -2.04. The molecule has 2 heterocycles. The number of imidazole rings is 1. The molecule has 0 aliphatic carbocycles. The summed E-state index contributed by atoms with van der Waals surface area (Å²) in [6, 6.07) is 0. The minimum atomic E-state index is -0.112. The number of carbonyl (C=O) groups is 1. The van der Waals surface area contributed by atoms with Crippen LogP contribution in [-0.4, -0.2) is 37.2 Å². The minimum Gasteiger partial charge on any atom is -0.367 e. The molecule has 96 valence electrons. The van der Waals surface area contributed by atoms with Gasteiger partial charge in [-0.3, -0.25) is 4.79 Å². The summed E-state index contributed by atoms with van der Waals surface area (Å²) in [4.78, 5) is 22.4. The Morgan fingerprint density at radius 1 is 1.50 bits per heavy atom. The van der Waals surface area contributed by atoms with Crippen LogP contribution in [0.3, 0.4) is 0 Å². The number of amides is 1. The highest BCUT2D eigenvalue weighted by Gasteiger charge is 2.04. The zero-order valence-electron chi connectivity index (χ0n) is 9.83. The fourth-order valence-electron chi connectivity index (χ4n) is 1.51. The van der Waals surface area contributed by atoms with Crippen molar-refractivity contribution in [3.05, 3.63) is 24.5 Å². The first-order valence-electron chi connectivity index (χ1n) is 5.64. The number of carbonyl (C=O) groups excluding carboxylic acids is 1. The van der Waals surface area contributed by atoms with Crippen molar-refractivity contribution >= 4 is 11.9 Å². The number of aromatic nitrogens is 5. The average molecular weight is 249 g/mol. The predicted molar refractivity (Wildman–Crippen MR) is 64.4 cm³/mol. The Kier molecular flexibility index (Phi) is 3.90. The highest BCUT2D eigenvalue weighted by atomic mass is 16.2. The SMILES string of the molecule is Nc1ncn(CC(=O)NCCCc2ncc[nH]2)n1. The van der Waals surface area contributed by atoms with Crippen LogP contribution < -0.4 is 11.1 Å². The van der Waals surface area contributed by atoms with Gasteiger partial charge in [-0.1, -0.05) is 0 Å². The summed E-state index contributed by atoms with van der Waals surface area (Å²) in [6.07, 6.45) is 6.56. The standard InChI is InChI=1S/C10H15N7O/c11-10-15-7-17(16-10)6-9(18)14-3-1-2-8-12-4-5-13-8/h4-5,7H,1-3,6H2,(H2,11,16)(H,12,13)(H,14,18). The molecule has 0 unspecified atom stereocenters. The largest absolute Gasteiger partial charge is 0.367 e. The number of hydrogen-bond acceptors (Lipinski definition) is 5. The molecule has 0 fully saturated rings. The molecule has 8 nitrogen and oxygen atoms in total. The molecule has 0 radical (unpaired) electrons. The van der Waals surface area contributed by atoms with Gasteiger partial charge in [0, 0.05) is 25.4 Å². The van der Waals surface area contributed by atoms with E-state index in [1.807, 2.05) is 0 Å². The van der Waals surface area contributed by atoms with E-state index >= 15 is 0 Å². The highest BCUT2D eigenvalue weighted by Crippen LogP contribution is 1.94. The maximum absolute atomic E-state index is 11.5. The molecule has 0 atom stereocenters. The monoisotopic (exact) mass is 249 g/mol. The van der Waals surface area contributed by atoms with Gasteiger partial charge in [-0.05, 0) is 6.42 Å². The smallest absolute Gasteiger partial charge is 0.241 e. The summed E-state index contributed by atoms with van der Waals surface area (Å²) in [7, 11) is 0. The number of anilines is 1. The first kappa shape index (κ1) is 12.1. The van der Waals surface area contributed by atoms with Crippen molar-refractivity contribution in [3.63, 3.8) is 0 Å². The number of nitrogen functional groups attached to an aromatic ring is 1. The van der Waals surface area contributed by atoms with Crippen LogP contribution in [0.2, 0.25) is 0 Å². The molecule has 0 aromatic carbocycles. The van der Waals surface area contributed by atoms with Crippen LogP contribution in [0.4, 0.5) is 5.95 Å². The van der Waals surface area contributed by atoms with Crippen LogP contribution in [0.25, 0.3) is 0 Å². The van der Waals surface area contributed by atoms with E-state index in [0.717, 1.165) is 18.7 Å². The van der Waals surface area contributed by atoms with Crippen molar-refractivity contribution in [1.29, 1.82) is 0 Å². The van der Waals surface area contributed by atoms with E-state index in [1.54, 1.807) is 12.4 Å². The van der Waals surface area contributed by atoms with Crippen molar-refractivity contribution < 1.29 is 4.79 Å². The molecule has 0 spiro atoms. The molecule has 4 N–H and O–H groups in total. The number of H-pyrrole nitrogens is 1. The van der Waals surface area contributed by atoms with Crippen molar-refractivity contribution in [2.75, 3.05) is 12.3 Å². The van der Waals surface area contributed by atoms with Crippen molar-refractivity contribution in [1.82, 2.24) is 30.0 Å². The highest BCUT2D eigenvalue weighted by molar-refractivity contribution is 5.75. The van der Waals surface area contributed by atoms with Gasteiger partial charge in [0.25, 0.3) is 0 Å². The lowest BCUT2D eigenvalue weighted by Crippen LogP contribution is -2.28. The third-order valence-electron chi connectivity index (χ3n) is 2.33. The number of aryl methyl sites for hydroxylation is 1. The third-order valence-corrected chi connectivity index (χ3v) is 2.33. The van der Waals surface area contributed by atoms with Crippen molar-refractivity contribution in [3.8, 4) is 0 Å². The molecule has 1 amide bonds. The lowest BCUT2D eigenvalue weighted by atomic mass is 10.3. The maximum Gasteiger partial charge on any atom is 0.241 e. The molecule has 2 aromatic heterocycles. The minimum absolute atomic E-state index is 0.112. The zero-order chi connectivity index (χ0) is 12.8. The fourth-order valence-corrected chi connectivity index (χ4v) is 1.51. The molecule has 18 heavy (non-hydrogen) atoms. The van der Waals surface area contributed by atoms with Crippen molar-refractivity contribution in [2.24, 2.45) is 0 Å². The summed E-state index contributed by atoms with van der Waals surface area (Å²) in [5.41, 5.74) is 5.34. The van der Waals surface area contributed by atoms with Gasteiger partial charge in [0.05, 0.1) is 0 Å². The van der Waals surface area contributed by atoms with E-state index in [2.05, 4.69) is 25.4 Å². The molecule has 0 aliphatic rings. The number of nitrogens with two attached hydrogens (primary N) is 1. The molecular weight excluding hydrogens is 234 g/mol. The van der Waals surface area contributed by atoms with E-state index in [9.17, 15) is 4.79 Å². The molecule has 0 aliphatic heterocycles. The molecule has 2 aromatic rings. The summed E-state index contributed by atoms with van der Waals surface area (Å²) in [5.74, 6) is 0.980. The first-order valence-corrected chi connectivity index (χ1v) is 5.64. The second-order valence-corrected chi connectivity index (χ2v) is 3.79. The van der Waals surface area contributed by atoms with Crippen LogP contribution in [0.5, 0.6) is 0 Å². The van der Waals surface area contributed by atoms with E-state index < -0.39 is 0 Å². The number of hydrogen-bond donors (Lipinski definition) is 3. The molecular formula is C10H15N7O. The van der Waals surface area contributed by atoms with Crippen LogP contribution in [0, 0.1) is 0 Å². The Labute approximate surface area is 104 Å². The third kappa shape index (κ3) is 3.58. The molecule has 0 saturated heterocycles. The van der Waals surface area contributed by atoms with E-state index in [0.29, 0.717) is 6.54 Å². The van der Waals surface area contributed by atoms with E-state index in [4.69, 9.17) is 5.73 Å². The van der Waals surface area contributed by atoms with Gasteiger partial charge in [-0.25, -0.2) is 14.6 Å².